The second-order valence-corrected chi connectivity index (χ2v) is 6.91. The van der Waals surface area contributed by atoms with Gasteiger partial charge in [0.05, 0.1) is 5.75 Å². The summed E-state index contributed by atoms with van der Waals surface area (Å²) in [4.78, 5) is 24.3. The largest absolute Gasteiger partial charge is 0.480 e. The molecule has 0 bridgehead atoms. The van der Waals surface area contributed by atoms with Gasteiger partial charge in [0.1, 0.15) is 15.9 Å². The van der Waals surface area contributed by atoms with Crippen molar-refractivity contribution in [2.75, 3.05) is 24.0 Å². The van der Waals surface area contributed by atoms with E-state index in [4.69, 9.17) is 5.11 Å². The summed E-state index contributed by atoms with van der Waals surface area (Å²) >= 11 is 0. The van der Waals surface area contributed by atoms with E-state index in [-0.39, 0.29) is 12.2 Å². The van der Waals surface area contributed by atoms with E-state index in [1.165, 1.54) is 11.9 Å². The highest BCUT2D eigenvalue weighted by Crippen LogP contribution is 2.11. The van der Waals surface area contributed by atoms with Crippen molar-refractivity contribution in [2.45, 2.75) is 12.5 Å². The second kappa shape index (κ2) is 7.07. The molecule has 0 radical (unpaired) electrons. The van der Waals surface area contributed by atoms with Crippen LogP contribution in [0, 0.1) is 0 Å². The Morgan fingerprint density at radius 2 is 1.86 bits per heavy atom. The lowest BCUT2D eigenvalue weighted by atomic mass is 10.2. The van der Waals surface area contributed by atoms with E-state index in [2.05, 4.69) is 5.32 Å². The fourth-order valence-electron chi connectivity index (χ4n) is 1.60. The maximum Gasteiger partial charge on any atom is 0.326 e. The molecule has 2 N–H and O–H groups in total. The summed E-state index contributed by atoms with van der Waals surface area (Å²) in [5.74, 6) is -1.58. The van der Waals surface area contributed by atoms with Crippen molar-refractivity contribution in [1.82, 2.24) is 5.32 Å². The third kappa shape index (κ3) is 5.82. The molecule has 7 nitrogen and oxygen atoms in total. The number of anilines is 1. The number of nitrogens with one attached hydrogen (secondary N) is 1. The molecule has 2 amide bonds. The van der Waals surface area contributed by atoms with E-state index in [0.29, 0.717) is 5.69 Å². The first-order chi connectivity index (χ1) is 9.70. The lowest BCUT2D eigenvalue weighted by molar-refractivity contribution is -0.139. The van der Waals surface area contributed by atoms with E-state index in [1.807, 2.05) is 0 Å². The van der Waals surface area contributed by atoms with Crippen molar-refractivity contribution in [3.05, 3.63) is 30.3 Å². The Bertz CT molecular complexity index is 600. The fraction of sp³-hybridized carbons (Fsp3) is 0.385. The maximum atomic E-state index is 12.0. The molecule has 1 aromatic carbocycles. The van der Waals surface area contributed by atoms with Crippen LogP contribution in [0.4, 0.5) is 10.5 Å². The van der Waals surface area contributed by atoms with Gasteiger partial charge in [-0.25, -0.2) is 18.0 Å². The number of nitrogens with zero attached hydrogens (tertiary/aromatic N) is 1. The van der Waals surface area contributed by atoms with Crippen LogP contribution >= 0.6 is 0 Å². The number of urea groups is 1. The van der Waals surface area contributed by atoms with Crippen molar-refractivity contribution >= 4 is 27.5 Å². The highest BCUT2D eigenvalue weighted by molar-refractivity contribution is 7.90. The quantitative estimate of drug-likeness (QED) is 0.805. The minimum atomic E-state index is -3.29. The summed E-state index contributed by atoms with van der Waals surface area (Å²) in [5, 5.41) is 11.4. The van der Waals surface area contributed by atoms with Crippen molar-refractivity contribution in [2.24, 2.45) is 0 Å². The van der Waals surface area contributed by atoms with Gasteiger partial charge in [0.15, 0.2) is 0 Å². The van der Waals surface area contributed by atoms with Crippen molar-refractivity contribution < 1.29 is 23.1 Å². The zero-order valence-electron chi connectivity index (χ0n) is 11.8. The van der Waals surface area contributed by atoms with Gasteiger partial charge in [0.25, 0.3) is 0 Å². The minimum absolute atomic E-state index is 0.178. The zero-order chi connectivity index (χ0) is 16.0. The predicted molar refractivity (Wildman–Crippen MR) is 79.1 cm³/mol. The van der Waals surface area contributed by atoms with Gasteiger partial charge in [0, 0.05) is 19.0 Å². The van der Waals surface area contributed by atoms with Gasteiger partial charge in [-0.2, -0.15) is 0 Å². The third-order valence-corrected chi connectivity index (χ3v) is 3.80. The molecule has 1 rings (SSSR count). The van der Waals surface area contributed by atoms with Crippen LogP contribution in [0.3, 0.4) is 0 Å². The highest BCUT2D eigenvalue weighted by Gasteiger charge is 2.23. The van der Waals surface area contributed by atoms with E-state index in [1.54, 1.807) is 30.3 Å². The Morgan fingerprint density at radius 3 is 2.33 bits per heavy atom. The van der Waals surface area contributed by atoms with E-state index in [0.717, 1.165) is 6.26 Å². The molecule has 1 atom stereocenters. The summed E-state index contributed by atoms with van der Waals surface area (Å²) in [6.07, 6.45) is 0.840. The summed E-state index contributed by atoms with van der Waals surface area (Å²) in [6, 6.07) is 6.83. The Hall–Kier alpha value is -2.09. The summed E-state index contributed by atoms with van der Waals surface area (Å²) < 4.78 is 22.2. The first kappa shape index (κ1) is 17.0. The minimum Gasteiger partial charge on any atom is -0.480 e. The molecule has 21 heavy (non-hydrogen) atoms. The smallest absolute Gasteiger partial charge is 0.326 e. The Labute approximate surface area is 123 Å². The number of amides is 2. The number of aliphatic carboxylic acids is 1. The number of para-hydroxylation sites is 1. The predicted octanol–water partition coefficient (Wildman–Crippen LogP) is 0.720. The zero-order valence-corrected chi connectivity index (χ0v) is 12.6. The van der Waals surface area contributed by atoms with Crippen LogP contribution in [0.15, 0.2) is 30.3 Å². The van der Waals surface area contributed by atoms with E-state index < -0.39 is 27.9 Å². The summed E-state index contributed by atoms with van der Waals surface area (Å²) in [7, 11) is -1.79. The molecule has 0 spiro atoms. The lowest BCUT2D eigenvalue weighted by Gasteiger charge is -2.21. The third-order valence-electron chi connectivity index (χ3n) is 2.82. The standard InChI is InChI=1S/C13H18N2O5S/c1-15(10-6-4-3-5-7-10)13(18)14-11(12(16)17)8-9-21(2,19)20/h3-7,11H,8-9H2,1-2H3,(H,14,18)(H,16,17). The van der Waals surface area contributed by atoms with Crippen molar-refractivity contribution in [3.8, 4) is 0 Å². The average molecular weight is 314 g/mol. The number of hydrogen-bond acceptors (Lipinski definition) is 4. The number of hydrogen-bond donors (Lipinski definition) is 2. The number of carboxylic acid groups (broad SMARTS) is 1. The van der Waals surface area contributed by atoms with Crippen LogP contribution in [0.5, 0.6) is 0 Å². The first-order valence-electron chi connectivity index (χ1n) is 6.20. The van der Waals surface area contributed by atoms with E-state index >= 15 is 0 Å². The molecular weight excluding hydrogens is 296 g/mol. The van der Waals surface area contributed by atoms with Gasteiger partial charge < -0.3 is 10.4 Å². The molecule has 0 saturated carbocycles. The fourth-order valence-corrected chi connectivity index (χ4v) is 2.27. The number of rotatable bonds is 6. The van der Waals surface area contributed by atoms with Gasteiger partial charge in [-0.15, -0.1) is 0 Å². The summed E-state index contributed by atoms with van der Waals surface area (Å²) in [5.41, 5.74) is 0.599. The van der Waals surface area contributed by atoms with Gasteiger partial charge in [-0.05, 0) is 18.6 Å². The van der Waals surface area contributed by atoms with Gasteiger partial charge in [0.2, 0.25) is 0 Å². The van der Waals surface area contributed by atoms with Crippen LogP contribution in [-0.4, -0.2) is 50.6 Å². The lowest BCUT2D eigenvalue weighted by Crippen LogP contribution is -2.47. The first-order valence-corrected chi connectivity index (χ1v) is 8.26. The van der Waals surface area contributed by atoms with Crippen LogP contribution in [0.25, 0.3) is 0 Å². The summed E-state index contributed by atoms with van der Waals surface area (Å²) in [6.45, 7) is 0. The number of sulfone groups is 1. The van der Waals surface area contributed by atoms with Crippen LogP contribution in [-0.2, 0) is 14.6 Å². The highest BCUT2D eigenvalue weighted by atomic mass is 32.2. The monoisotopic (exact) mass is 314 g/mol. The molecule has 0 saturated heterocycles. The number of benzene rings is 1. The van der Waals surface area contributed by atoms with Crippen LogP contribution in [0.1, 0.15) is 6.42 Å². The molecule has 0 aliphatic heterocycles. The van der Waals surface area contributed by atoms with Crippen molar-refractivity contribution in [1.29, 1.82) is 0 Å². The topological polar surface area (TPSA) is 104 Å². The molecule has 0 aliphatic carbocycles. The Morgan fingerprint density at radius 1 is 1.29 bits per heavy atom. The maximum absolute atomic E-state index is 12.0. The van der Waals surface area contributed by atoms with Gasteiger partial charge >= 0.3 is 12.0 Å². The SMILES string of the molecule is CN(C(=O)NC(CCS(C)(=O)=O)C(=O)O)c1ccccc1. The molecule has 1 aromatic rings. The number of carbonyl (C=O) groups excluding carboxylic acids is 1. The molecule has 0 fully saturated rings. The van der Waals surface area contributed by atoms with Crippen LogP contribution < -0.4 is 10.2 Å². The van der Waals surface area contributed by atoms with Gasteiger partial charge in [-0.1, -0.05) is 18.2 Å². The van der Waals surface area contributed by atoms with E-state index in [9.17, 15) is 18.0 Å². The Balaban J connectivity index is 2.71. The normalized spacial score (nSPS) is 12.5. The number of carbonyl (C=O) groups is 2. The van der Waals surface area contributed by atoms with Gasteiger partial charge in [-0.3, -0.25) is 4.90 Å². The molecule has 0 aliphatic rings. The molecule has 8 heteroatoms. The molecule has 116 valence electrons. The van der Waals surface area contributed by atoms with Crippen molar-refractivity contribution in [3.63, 3.8) is 0 Å². The molecule has 1 unspecified atom stereocenters. The number of carboxylic acids is 1. The average Bonchev–Trinajstić information content (AvgIpc) is 2.42. The Kier molecular flexibility index (Phi) is 5.71. The molecule has 0 heterocycles. The second-order valence-electron chi connectivity index (χ2n) is 4.65. The molecular formula is C13H18N2O5S. The molecule has 0 aromatic heterocycles. The van der Waals surface area contributed by atoms with Crippen LogP contribution in [0.2, 0.25) is 0 Å².